The van der Waals surface area contributed by atoms with E-state index in [1.807, 2.05) is 29.2 Å². The van der Waals surface area contributed by atoms with Crippen molar-refractivity contribution in [1.82, 2.24) is 0 Å². The number of β-lactam (4-membered cyclic amide) rings is 1. The van der Waals surface area contributed by atoms with Gasteiger partial charge in [-0.15, -0.1) is 0 Å². The van der Waals surface area contributed by atoms with Gasteiger partial charge in [0.2, 0.25) is 0 Å². The van der Waals surface area contributed by atoms with Gasteiger partial charge < -0.3 is 19.1 Å². The third-order valence-electron chi connectivity index (χ3n) is 4.97. The van der Waals surface area contributed by atoms with Crippen molar-refractivity contribution in [3.05, 3.63) is 24.3 Å². The summed E-state index contributed by atoms with van der Waals surface area (Å²) in [6, 6.07) is 7.73. The quantitative estimate of drug-likeness (QED) is 0.546. The van der Waals surface area contributed by atoms with Gasteiger partial charge >= 0.3 is 0 Å². The Hall–Kier alpha value is -1.59. The summed E-state index contributed by atoms with van der Waals surface area (Å²) in [6.45, 7) is 0.160. The summed E-state index contributed by atoms with van der Waals surface area (Å²) in [4.78, 5) is 14.3. The predicted octanol–water partition coefficient (Wildman–Crippen LogP) is 2.98. The van der Waals surface area contributed by atoms with E-state index in [0.717, 1.165) is 30.2 Å². The maximum Gasteiger partial charge on any atom is 0.258 e. The summed E-state index contributed by atoms with van der Waals surface area (Å²) in [6.07, 6.45) is 5.77. The Morgan fingerprint density at radius 2 is 1.87 bits per heavy atom. The Labute approximate surface area is 137 Å². The van der Waals surface area contributed by atoms with Gasteiger partial charge in [0.05, 0.1) is 13.2 Å². The zero-order chi connectivity index (χ0) is 16.2. The van der Waals surface area contributed by atoms with E-state index >= 15 is 0 Å². The van der Waals surface area contributed by atoms with Gasteiger partial charge in [-0.3, -0.25) is 4.79 Å². The minimum atomic E-state index is -0.378. The molecule has 1 aromatic carbocycles. The molecule has 0 spiro atoms. The van der Waals surface area contributed by atoms with Gasteiger partial charge in [0.15, 0.2) is 6.10 Å². The number of hydrogen-bond acceptors (Lipinski definition) is 4. The second kappa shape index (κ2) is 7.32. The van der Waals surface area contributed by atoms with Gasteiger partial charge in [-0.25, -0.2) is 0 Å². The fourth-order valence-corrected chi connectivity index (χ4v) is 3.37. The molecule has 3 rings (SSSR count). The van der Waals surface area contributed by atoms with E-state index in [1.54, 1.807) is 14.2 Å². The molecule has 126 valence electrons. The van der Waals surface area contributed by atoms with E-state index in [1.165, 1.54) is 19.3 Å². The van der Waals surface area contributed by atoms with Crippen molar-refractivity contribution in [3.8, 4) is 5.75 Å². The molecular weight excluding hydrogens is 294 g/mol. The molecule has 1 saturated heterocycles. The molecule has 1 aromatic rings. The summed E-state index contributed by atoms with van der Waals surface area (Å²) < 4.78 is 15.7. The monoisotopic (exact) mass is 319 g/mol. The van der Waals surface area contributed by atoms with Crippen LogP contribution in [0.25, 0.3) is 0 Å². The van der Waals surface area contributed by atoms with Gasteiger partial charge in [0.25, 0.3) is 5.91 Å². The molecule has 0 aromatic heterocycles. The summed E-state index contributed by atoms with van der Waals surface area (Å²) in [5, 5.41) is 0. The molecule has 1 aliphatic carbocycles. The van der Waals surface area contributed by atoms with E-state index in [4.69, 9.17) is 14.2 Å². The first-order valence-corrected chi connectivity index (χ1v) is 8.32. The number of benzene rings is 1. The van der Waals surface area contributed by atoms with Crippen molar-refractivity contribution < 1.29 is 19.0 Å². The fraction of sp³-hybridized carbons (Fsp3) is 0.611. The largest absolute Gasteiger partial charge is 0.497 e. The van der Waals surface area contributed by atoms with Crippen LogP contribution in [-0.2, 0) is 14.3 Å². The summed E-state index contributed by atoms with van der Waals surface area (Å²) in [7, 11) is 3.22. The molecule has 2 atom stereocenters. The van der Waals surface area contributed by atoms with Crippen LogP contribution in [0.3, 0.4) is 0 Å². The molecule has 1 aliphatic heterocycles. The highest BCUT2D eigenvalue weighted by Crippen LogP contribution is 2.37. The minimum absolute atomic E-state index is 0.0193. The fourth-order valence-electron chi connectivity index (χ4n) is 3.37. The standard InChI is InChI=1S/C18H25NO4/c1-21-12-23-17-16(11-6-13-4-3-5-13)19(18(17)20)14-7-9-15(22-2)10-8-14/h7-10,13,16-17H,3-6,11-12H2,1-2H3/t16-,17+/m0/s1. The van der Waals surface area contributed by atoms with E-state index in [-0.39, 0.29) is 24.8 Å². The summed E-state index contributed by atoms with van der Waals surface area (Å²) in [5.74, 6) is 1.64. The van der Waals surface area contributed by atoms with Gasteiger partial charge in [-0.1, -0.05) is 19.3 Å². The molecule has 23 heavy (non-hydrogen) atoms. The highest BCUT2D eigenvalue weighted by atomic mass is 16.7. The molecule has 0 N–H and O–H groups in total. The number of hydrogen-bond donors (Lipinski definition) is 0. The van der Waals surface area contributed by atoms with Crippen LogP contribution in [0.4, 0.5) is 5.69 Å². The number of carbonyl (C=O) groups is 1. The zero-order valence-corrected chi connectivity index (χ0v) is 13.9. The third-order valence-corrected chi connectivity index (χ3v) is 4.97. The predicted molar refractivity (Wildman–Crippen MR) is 87.6 cm³/mol. The van der Waals surface area contributed by atoms with Crippen molar-refractivity contribution in [2.75, 3.05) is 25.9 Å². The number of ether oxygens (including phenoxy) is 3. The lowest BCUT2D eigenvalue weighted by Gasteiger charge is -2.47. The Morgan fingerprint density at radius 1 is 1.13 bits per heavy atom. The highest BCUT2D eigenvalue weighted by molar-refractivity contribution is 6.04. The molecule has 5 nitrogen and oxygen atoms in total. The first-order valence-electron chi connectivity index (χ1n) is 8.32. The van der Waals surface area contributed by atoms with Crippen molar-refractivity contribution in [2.45, 2.75) is 44.2 Å². The first kappa shape index (κ1) is 16.3. The van der Waals surface area contributed by atoms with Crippen LogP contribution in [0.15, 0.2) is 24.3 Å². The lowest BCUT2D eigenvalue weighted by Crippen LogP contribution is -2.66. The van der Waals surface area contributed by atoms with Crippen molar-refractivity contribution in [3.63, 3.8) is 0 Å². The van der Waals surface area contributed by atoms with Gasteiger partial charge in [-0.05, 0) is 43.0 Å². The number of methoxy groups -OCH3 is 2. The van der Waals surface area contributed by atoms with Gasteiger partial charge in [-0.2, -0.15) is 0 Å². The molecule has 2 fully saturated rings. The number of anilines is 1. The van der Waals surface area contributed by atoms with Crippen LogP contribution < -0.4 is 9.64 Å². The lowest BCUT2D eigenvalue weighted by molar-refractivity contribution is -0.154. The minimum Gasteiger partial charge on any atom is -0.497 e. The van der Waals surface area contributed by atoms with Crippen molar-refractivity contribution in [1.29, 1.82) is 0 Å². The average Bonchev–Trinajstić information content (AvgIpc) is 2.53. The molecule has 0 unspecified atom stereocenters. The summed E-state index contributed by atoms with van der Waals surface area (Å²) in [5.41, 5.74) is 0.909. The van der Waals surface area contributed by atoms with E-state index in [9.17, 15) is 4.79 Å². The van der Waals surface area contributed by atoms with E-state index in [0.29, 0.717) is 0 Å². The zero-order valence-electron chi connectivity index (χ0n) is 13.9. The maximum atomic E-state index is 12.5. The second-order valence-corrected chi connectivity index (χ2v) is 6.34. The molecule has 5 heteroatoms. The highest BCUT2D eigenvalue weighted by Gasteiger charge is 2.48. The lowest BCUT2D eigenvalue weighted by atomic mass is 9.79. The molecule has 0 radical (unpaired) electrons. The normalized spacial score (nSPS) is 24.3. The molecular formula is C18H25NO4. The Bertz CT molecular complexity index is 526. The molecule has 0 bridgehead atoms. The Kier molecular flexibility index (Phi) is 5.18. The topological polar surface area (TPSA) is 48.0 Å². The van der Waals surface area contributed by atoms with E-state index in [2.05, 4.69) is 0 Å². The van der Waals surface area contributed by atoms with E-state index < -0.39 is 0 Å². The van der Waals surface area contributed by atoms with Crippen LogP contribution in [0.5, 0.6) is 5.75 Å². The van der Waals surface area contributed by atoms with Crippen LogP contribution in [-0.4, -0.2) is 39.1 Å². The van der Waals surface area contributed by atoms with Gasteiger partial charge in [0.1, 0.15) is 12.5 Å². The van der Waals surface area contributed by atoms with Gasteiger partial charge in [0, 0.05) is 12.8 Å². The smallest absolute Gasteiger partial charge is 0.258 e. The second-order valence-electron chi connectivity index (χ2n) is 6.34. The first-order chi connectivity index (χ1) is 11.2. The molecule has 1 amide bonds. The Balaban J connectivity index is 1.68. The average molecular weight is 319 g/mol. The number of carbonyl (C=O) groups excluding carboxylic acids is 1. The number of nitrogens with zero attached hydrogens (tertiary/aromatic N) is 1. The summed E-state index contributed by atoms with van der Waals surface area (Å²) >= 11 is 0. The number of rotatable bonds is 8. The molecule has 2 aliphatic rings. The van der Waals surface area contributed by atoms with Crippen LogP contribution >= 0.6 is 0 Å². The van der Waals surface area contributed by atoms with Crippen molar-refractivity contribution in [2.24, 2.45) is 5.92 Å². The van der Waals surface area contributed by atoms with Crippen LogP contribution in [0.1, 0.15) is 32.1 Å². The Morgan fingerprint density at radius 3 is 2.43 bits per heavy atom. The molecule has 1 saturated carbocycles. The van der Waals surface area contributed by atoms with Crippen LogP contribution in [0.2, 0.25) is 0 Å². The maximum absolute atomic E-state index is 12.5. The van der Waals surface area contributed by atoms with Crippen molar-refractivity contribution >= 4 is 11.6 Å². The third kappa shape index (κ3) is 3.35. The number of amides is 1. The molecule has 1 heterocycles. The SMILES string of the molecule is COCO[C@H]1C(=O)N(c2ccc(OC)cc2)[C@H]1CCC1CCC1. The van der Waals surface area contributed by atoms with Crippen LogP contribution in [0, 0.1) is 5.92 Å².